The zero-order valence-electron chi connectivity index (χ0n) is 15.0. The van der Waals surface area contributed by atoms with E-state index in [-0.39, 0.29) is 10.7 Å². The van der Waals surface area contributed by atoms with Gasteiger partial charge in [-0.3, -0.25) is 0 Å². The van der Waals surface area contributed by atoms with E-state index in [2.05, 4.69) is 14.4 Å². The highest BCUT2D eigenvalue weighted by Crippen LogP contribution is 2.24. The summed E-state index contributed by atoms with van der Waals surface area (Å²) in [4.78, 5) is 7.24. The summed E-state index contributed by atoms with van der Waals surface area (Å²) in [5.74, 6) is 0.149. The van der Waals surface area contributed by atoms with Crippen LogP contribution in [0.15, 0.2) is 49.0 Å². The summed E-state index contributed by atoms with van der Waals surface area (Å²) in [5.41, 5.74) is 0.880. The van der Waals surface area contributed by atoms with Crippen LogP contribution in [0, 0.1) is 13.8 Å². The van der Waals surface area contributed by atoms with Crippen molar-refractivity contribution in [3.63, 3.8) is 0 Å². The molecule has 0 bridgehead atoms. The van der Waals surface area contributed by atoms with Crippen molar-refractivity contribution < 1.29 is 21.4 Å². The van der Waals surface area contributed by atoms with Crippen LogP contribution in [0.25, 0.3) is 5.78 Å². The molecule has 1 aromatic carbocycles. The van der Waals surface area contributed by atoms with Crippen LogP contribution in [0.2, 0.25) is 0 Å². The Bertz CT molecular complexity index is 1300. The van der Waals surface area contributed by atoms with Crippen LogP contribution in [0.4, 0.5) is 0 Å². The van der Waals surface area contributed by atoms with Crippen molar-refractivity contribution in [2.24, 2.45) is 4.40 Å². The number of aromatic nitrogens is 3. The molecule has 3 rings (SSSR count). The Hall–Kier alpha value is -2.57. The molecule has 0 saturated carbocycles. The quantitative estimate of drug-likeness (QED) is 0.611. The summed E-state index contributed by atoms with van der Waals surface area (Å²) in [7, 11) is -5.78. The minimum Gasteiger partial charge on any atom is -0.329 e. The van der Waals surface area contributed by atoms with Gasteiger partial charge in [0.15, 0.2) is 0 Å². The maximum atomic E-state index is 12.7. The van der Waals surface area contributed by atoms with Gasteiger partial charge in [-0.05, 0) is 32.0 Å². The molecule has 3 aromatic rings. The maximum absolute atomic E-state index is 12.7. The molecule has 2 heterocycles. The Morgan fingerprint density at radius 1 is 1.04 bits per heavy atom. The molecule has 0 saturated heterocycles. The molecule has 0 fully saturated rings. The van der Waals surface area contributed by atoms with Crippen LogP contribution in [0.3, 0.4) is 0 Å². The molecule has 0 aliphatic rings. The Morgan fingerprint density at radius 3 is 2.30 bits per heavy atom. The Morgan fingerprint density at radius 2 is 1.67 bits per heavy atom. The van der Waals surface area contributed by atoms with E-state index in [1.807, 2.05) is 0 Å². The third kappa shape index (κ3) is 3.50. The third-order valence-electron chi connectivity index (χ3n) is 3.65. The van der Waals surface area contributed by atoms with E-state index in [0.29, 0.717) is 11.4 Å². The van der Waals surface area contributed by atoms with Gasteiger partial charge in [0.05, 0.1) is 5.69 Å². The van der Waals surface area contributed by atoms with E-state index in [1.54, 1.807) is 19.9 Å². The number of hydrogen-bond acceptors (Lipinski definition) is 7. The SMILES string of the molecule is Cc1cc(C)n2o/c(=N/S(=O)(=O)c3ccccc3S(=O)(=O)N(C)C)nc2n1. The highest BCUT2D eigenvalue weighted by atomic mass is 32.2. The number of benzene rings is 1. The molecule has 0 aliphatic heterocycles. The Labute approximate surface area is 155 Å². The first-order valence-electron chi connectivity index (χ1n) is 7.69. The lowest BCUT2D eigenvalue weighted by molar-refractivity contribution is 0.329. The fourth-order valence-electron chi connectivity index (χ4n) is 2.39. The predicted octanol–water partition coefficient (Wildman–Crippen LogP) is 0.479. The number of rotatable bonds is 4. The molecule has 10 nitrogen and oxygen atoms in total. The third-order valence-corrected chi connectivity index (χ3v) is 6.96. The zero-order chi connectivity index (χ0) is 20.0. The van der Waals surface area contributed by atoms with Crippen molar-refractivity contribution in [3.8, 4) is 0 Å². The average Bonchev–Trinajstić information content (AvgIpc) is 2.96. The molecule has 0 spiro atoms. The van der Waals surface area contributed by atoms with E-state index in [1.165, 1.54) is 42.9 Å². The van der Waals surface area contributed by atoms with Crippen LogP contribution in [0.1, 0.15) is 11.4 Å². The van der Waals surface area contributed by atoms with Gasteiger partial charge in [0.1, 0.15) is 9.79 Å². The van der Waals surface area contributed by atoms with Crippen LogP contribution in [-0.2, 0) is 20.0 Å². The first-order valence-corrected chi connectivity index (χ1v) is 10.6. The van der Waals surface area contributed by atoms with Gasteiger partial charge in [-0.1, -0.05) is 12.1 Å². The van der Waals surface area contributed by atoms with Crippen molar-refractivity contribution in [1.82, 2.24) is 18.8 Å². The number of fused-ring (bicyclic) bond motifs is 1. The second-order valence-corrected chi connectivity index (χ2v) is 9.61. The van der Waals surface area contributed by atoms with Gasteiger partial charge < -0.3 is 4.52 Å². The van der Waals surface area contributed by atoms with E-state index in [0.717, 1.165) is 4.31 Å². The highest BCUT2D eigenvalue weighted by molar-refractivity contribution is 7.92. The molecule has 0 N–H and O–H groups in total. The molecular weight excluding hydrogens is 394 g/mol. The maximum Gasteiger partial charge on any atom is 0.358 e. The minimum absolute atomic E-state index is 0.149. The van der Waals surface area contributed by atoms with Gasteiger partial charge in [-0.15, -0.1) is 8.97 Å². The van der Waals surface area contributed by atoms with E-state index in [9.17, 15) is 16.8 Å². The summed E-state index contributed by atoms with van der Waals surface area (Å²) in [6.45, 7) is 3.50. The van der Waals surface area contributed by atoms with Gasteiger partial charge in [0.25, 0.3) is 15.8 Å². The number of nitrogens with zero attached hydrogens (tertiary/aromatic N) is 5. The van der Waals surface area contributed by atoms with Crippen molar-refractivity contribution in [1.29, 1.82) is 0 Å². The zero-order valence-corrected chi connectivity index (χ0v) is 16.6. The lowest BCUT2D eigenvalue weighted by Gasteiger charge is -2.13. The summed E-state index contributed by atoms with van der Waals surface area (Å²) in [6, 6.07) is 6.94. The summed E-state index contributed by atoms with van der Waals surface area (Å²) in [5, 5.41) is 0. The van der Waals surface area contributed by atoms with Crippen molar-refractivity contribution in [3.05, 3.63) is 47.4 Å². The largest absolute Gasteiger partial charge is 0.358 e. The predicted molar refractivity (Wildman–Crippen MR) is 94.8 cm³/mol. The Balaban J connectivity index is 2.23. The molecule has 12 heteroatoms. The van der Waals surface area contributed by atoms with E-state index >= 15 is 0 Å². The standard InChI is InChI=1S/C15H17N5O5S2/c1-10-9-11(2)20-14(16-10)17-15(25-20)18-26(21,22)12-7-5-6-8-13(12)27(23,24)19(3)4/h5-9H,1-4H3/b18-15+. The van der Waals surface area contributed by atoms with Gasteiger partial charge in [-0.25, -0.2) is 17.7 Å². The van der Waals surface area contributed by atoms with E-state index in [4.69, 9.17) is 4.52 Å². The first-order chi connectivity index (χ1) is 12.5. The van der Waals surface area contributed by atoms with Crippen LogP contribution in [0.5, 0.6) is 0 Å². The lowest BCUT2D eigenvalue weighted by atomic mass is 10.4. The number of sulfonamides is 2. The number of hydrogen-bond donors (Lipinski definition) is 0. The second kappa shape index (κ2) is 6.55. The minimum atomic E-state index is -4.41. The smallest absolute Gasteiger partial charge is 0.329 e. The summed E-state index contributed by atoms with van der Waals surface area (Å²) in [6.07, 6.45) is 0. The van der Waals surface area contributed by atoms with Gasteiger partial charge in [0, 0.05) is 19.8 Å². The fraction of sp³-hybridized carbons (Fsp3) is 0.267. The normalized spacial score (nSPS) is 13.6. The Kier molecular flexibility index (Phi) is 4.66. The fourth-order valence-corrected chi connectivity index (χ4v) is 4.94. The topological polar surface area (TPSA) is 127 Å². The summed E-state index contributed by atoms with van der Waals surface area (Å²) < 4.78 is 61.4. The lowest BCUT2D eigenvalue weighted by Crippen LogP contribution is -2.24. The number of aryl methyl sites for hydroxylation is 2. The monoisotopic (exact) mass is 411 g/mol. The first kappa shape index (κ1) is 19.2. The highest BCUT2D eigenvalue weighted by Gasteiger charge is 2.28. The molecule has 27 heavy (non-hydrogen) atoms. The van der Waals surface area contributed by atoms with E-state index < -0.39 is 30.6 Å². The van der Waals surface area contributed by atoms with Crippen molar-refractivity contribution in [2.45, 2.75) is 23.6 Å². The molecule has 0 amide bonds. The van der Waals surface area contributed by atoms with Crippen molar-refractivity contribution in [2.75, 3.05) is 14.1 Å². The van der Waals surface area contributed by atoms with Crippen LogP contribution in [-0.4, -0.2) is 49.8 Å². The van der Waals surface area contributed by atoms with Crippen LogP contribution < -0.4 is 5.68 Å². The molecule has 0 aliphatic carbocycles. The average molecular weight is 411 g/mol. The van der Waals surface area contributed by atoms with Crippen LogP contribution >= 0.6 is 0 Å². The summed E-state index contributed by atoms with van der Waals surface area (Å²) >= 11 is 0. The van der Waals surface area contributed by atoms with Crippen molar-refractivity contribution >= 4 is 25.8 Å². The van der Waals surface area contributed by atoms with Gasteiger partial charge >= 0.3 is 5.68 Å². The molecular formula is C15H17N5O5S2. The molecule has 0 radical (unpaired) electrons. The van der Waals surface area contributed by atoms with Gasteiger partial charge in [-0.2, -0.15) is 13.4 Å². The molecule has 144 valence electrons. The molecule has 0 unspecified atom stereocenters. The molecule has 2 aromatic heterocycles. The van der Waals surface area contributed by atoms with Gasteiger partial charge in [0.2, 0.25) is 10.0 Å². The molecule has 0 atom stereocenters. The second-order valence-electron chi connectivity index (χ2n) is 5.92.